The highest BCUT2D eigenvalue weighted by Crippen LogP contribution is 2.35. The Hall–Kier alpha value is -2.63. The molecule has 2 N–H and O–H groups in total. The Balaban J connectivity index is 2.16. The lowest BCUT2D eigenvalue weighted by atomic mass is 9.82. The molecule has 2 atom stereocenters. The molecule has 0 spiro atoms. The van der Waals surface area contributed by atoms with Gasteiger partial charge in [-0.25, -0.2) is 4.79 Å². The standard InChI is InChI=1S/C22H30N2O4/c1-15(2)16(3)22(23-17(4)25)13-14-24(21(22)28)19(20(26)27)12-8-11-18-9-6-5-7-10-18/h5-7,9-10,15,19H,3,8,11-14H2,1-2,4H3,(H,23,25)(H,26,27)/t19-,22-/m0/s1. The number of amides is 2. The molecule has 0 bridgehead atoms. The maximum atomic E-state index is 13.3. The SMILES string of the molecule is C=C(C(C)C)[C@@]1(NC(C)=O)CCN([C@@H](CCCc2ccccc2)C(=O)O)C1=O. The number of carbonyl (C=O) groups excluding carboxylic acids is 2. The van der Waals surface area contributed by atoms with E-state index in [0.29, 0.717) is 24.8 Å². The highest BCUT2D eigenvalue weighted by Gasteiger charge is 2.52. The molecule has 0 saturated carbocycles. The first-order valence-corrected chi connectivity index (χ1v) is 9.75. The molecule has 0 aromatic heterocycles. The van der Waals surface area contributed by atoms with Crippen LogP contribution in [0.15, 0.2) is 42.5 Å². The van der Waals surface area contributed by atoms with Gasteiger partial charge in [-0.2, -0.15) is 0 Å². The zero-order valence-corrected chi connectivity index (χ0v) is 16.9. The summed E-state index contributed by atoms with van der Waals surface area (Å²) in [6.07, 6.45) is 2.11. The Labute approximate surface area is 166 Å². The first-order valence-electron chi connectivity index (χ1n) is 9.75. The second-order valence-corrected chi connectivity index (χ2v) is 7.75. The Morgan fingerprint density at radius 2 is 1.93 bits per heavy atom. The lowest BCUT2D eigenvalue weighted by molar-refractivity contribution is -0.150. The largest absolute Gasteiger partial charge is 0.480 e. The van der Waals surface area contributed by atoms with Crippen molar-refractivity contribution in [2.75, 3.05) is 6.54 Å². The van der Waals surface area contributed by atoms with Crippen LogP contribution in [0, 0.1) is 5.92 Å². The van der Waals surface area contributed by atoms with Crippen molar-refractivity contribution in [3.63, 3.8) is 0 Å². The minimum Gasteiger partial charge on any atom is -0.480 e. The maximum Gasteiger partial charge on any atom is 0.326 e. The predicted molar refractivity (Wildman–Crippen MR) is 108 cm³/mol. The summed E-state index contributed by atoms with van der Waals surface area (Å²) in [7, 11) is 0. The maximum absolute atomic E-state index is 13.3. The average molecular weight is 386 g/mol. The molecule has 6 nitrogen and oxygen atoms in total. The predicted octanol–water partition coefficient (Wildman–Crippen LogP) is 2.78. The number of nitrogens with one attached hydrogen (secondary N) is 1. The fourth-order valence-electron chi connectivity index (χ4n) is 3.88. The van der Waals surface area contributed by atoms with Crippen LogP contribution in [0.1, 0.15) is 45.6 Å². The van der Waals surface area contributed by atoms with Crippen molar-refractivity contribution in [3.8, 4) is 0 Å². The molecule has 1 aliphatic heterocycles. The molecule has 1 heterocycles. The molecule has 2 rings (SSSR count). The summed E-state index contributed by atoms with van der Waals surface area (Å²) in [6, 6.07) is 8.94. The first kappa shape index (κ1) is 21.7. The first-order chi connectivity index (χ1) is 13.2. The number of hydrogen-bond acceptors (Lipinski definition) is 3. The quantitative estimate of drug-likeness (QED) is 0.639. The van der Waals surface area contributed by atoms with Crippen molar-refractivity contribution < 1.29 is 19.5 Å². The summed E-state index contributed by atoms with van der Waals surface area (Å²) in [5.74, 6) is -1.73. The second kappa shape index (κ2) is 9.04. The van der Waals surface area contributed by atoms with Crippen molar-refractivity contribution >= 4 is 17.8 Å². The van der Waals surface area contributed by atoms with Crippen molar-refractivity contribution in [1.82, 2.24) is 10.2 Å². The monoisotopic (exact) mass is 386 g/mol. The lowest BCUT2D eigenvalue weighted by Gasteiger charge is -2.34. The van der Waals surface area contributed by atoms with Gasteiger partial charge in [0.05, 0.1) is 0 Å². The molecular formula is C22H30N2O4. The molecule has 28 heavy (non-hydrogen) atoms. The molecule has 1 aromatic carbocycles. The molecule has 0 radical (unpaired) electrons. The molecule has 6 heteroatoms. The molecule has 0 unspecified atom stereocenters. The highest BCUT2D eigenvalue weighted by atomic mass is 16.4. The fourth-order valence-corrected chi connectivity index (χ4v) is 3.88. The van der Waals surface area contributed by atoms with Crippen LogP contribution in [0.5, 0.6) is 0 Å². The molecule has 1 saturated heterocycles. The van der Waals surface area contributed by atoms with E-state index in [0.717, 1.165) is 12.0 Å². The number of likely N-dealkylation sites (tertiary alicyclic amines) is 1. The number of carboxylic acids is 1. The number of aliphatic carboxylic acids is 1. The highest BCUT2D eigenvalue weighted by molar-refractivity contribution is 5.98. The summed E-state index contributed by atoms with van der Waals surface area (Å²) < 4.78 is 0. The number of benzene rings is 1. The summed E-state index contributed by atoms with van der Waals surface area (Å²) in [5.41, 5.74) is 0.538. The van der Waals surface area contributed by atoms with Gasteiger partial charge in [0, 0.05) is 19.9 Å². The van der Waals surface area contributed by atoms with Gasteiger partial charge in [-0.1, -0.05) is 50.8 Å². The fraction of sp³-hybridized carbons (Fsp3) is 0.500. The van der Waals surface area contributed by atoms with E-state index in [4.69, 9.17) is 0 Å². The van der Waals surface area contributed by atoms with Gasteiger partial charge in [-0.15, -0.1) is 0 Å². The Bertz CT molecular complexity index is 744. The van der Waals surface area contributed by atoms with Gasteiger partial charge in [0.1, 0.15) is 11.6 Å². The number of carbonyl (C=O) groups is 3. The molecule has 1 aromatic rings. The summed E-state index contributed by atoms with van der Waals surface area (Å²) in [6.45, 7) is 9.51. The van der Waals surface area contributed by atoms with Gasteiger partial charge in [0.2, 0.25) is 5.91 Å². The van der Waals surface area contributed by atoms with Gasteiger partial charge < -0.3 is 15.3 Å². The van der Waals surface area contributed by atoms with E-state index in [1.165, 1.54) is 11.8 Å². The zero-order valence-electron chi connectivity index (χ0n) is 16.9. The number of carboxylic acid groups (broad SMARTS) is 1. The van der Waals surface area contributed by atoms with Crippen molar-refractivity contribution in [1.29, 1.82) is 0 Å². The van der Waals surface area contributed by atoms with Crippen molar-refractivity contribution in [2.24, 2.45) is 5.92 Å². The van der Waals surface area contributed by atoms with E-state index in [-0.39, 0.29) is 24.3 Å². The van der Waals surface area contributed by atoms with E-state index in [1.54, 1.807) is 0 Å². The van der Waals surface area contributed by atoms with Gasteiger partial charge in [-0.05, 0) is 36.3 Å². The van der Waals surface area contributed by atoms with E-state index in [1.807, 2.05) is 44.2 Å². The summed E-state index contributed by atoms with van der Waals surface area (Å²) in [4.78, 5) is 38.4. The lowest BCUT2D eigenvalue weighted by Crippen LogP contribution is -2.57. The van der Waals surface area contributed by atoms with Crippen LogP contribution in [-0.2, 0) is 20.8 Å². The van der Waals surface area contributed by atoms with Crippen LogP contribution >= 0.6 is 0 Å². The third-order valence-electron chi connectivity index (χ3n) is 5.44. The van der Waals surface area contributed by atoms with Crippen LogP contribution in [-0.4, -0.2) is 45.9 Å². The molecule has 1 fully saturated rings. The van der Waals surface area contributed by atoms with E-state index < -0.39 is 17.6 Å². The molecule has 152 valence electrons. The number of hydrogen-bond donors (Lipinski definition) is 2. The molecule has 1 aliphatic rings. The Kier molecular flexibility index (Phi) is 7.00. The third kappa shape index (κ3) is 4.61. The Morgan fingerprint density at radius 1 is 1.29 bits per heavy atom. The number of nitrogens with zero attached hydrogens (tertiary/aromatic N) is 1. The number of aryl methyl sites for hydroxylation is 1. The number of rotatable bonds is 9. The van der Waals surface area contributed by atoms with Crippen LogP contribution in [0.4, 0.5) is 0 Å². The van der Waals surface area contributed by atoms with Crippen molar-refractivity contribution in [3.05, 3.63) is 48.0 Å². The second-order valence-electron chi connectivity index (χ2n) is 7.75. The average Bonchev–Trinajstić information content (AvgIpc) is 2.95. The molecule has 0 aliphatic carbocycles. The zero-order chi connectivity index (χ0) is 20.9. The van der Waals surface area contributed by atoms with Gasteiger partial charge >= 0.3 is 5.97 Å². The van der Waals surface area contributed by atoms with Crippen LogP contribution in [0.2, 0.25) is 0 Å². The van der Waals surface area contributed by atoms with Gasteiger partial charge in [0.25, 0.3) is 5.91 Å². The van der Waals surface area contributed by atoms with E-state index in [2.05, 4.69) is 11.9 Å². The smallest absolute Gasteiger partial charge is 0.326 e. The van der Waals surface area contributed by atoms with E-state index >= 15 is 0 Å². The third-order valence-corrected chi connectivity index (χ3v) is 5.44. The van der Waals surface area contributed by atoms with Crippen LogP contribution in [0.25, 0.3) is 0 Å². The minimum atomic E-state index is -1.22. The Morgan fingerprint density at radius 3 is 2.46 bits per heavy atom. The van der Waals surface area contributed by atoms with Crippen LogP contribution in [0.3, 0.4) is 0 Å². The summed E-state index contributed by atoms with van der Waals surface area (Å²) in [5, 5.41) is 12.5. The van der Waals surface area contributed by atoms with Gasteiger partial charge in [-0.3, -0.25) is 9.59 Å². The van der Waals surface area contributed by atoms with Gasteiger partial charge in [0.15, 0.2) is 0 Å². The van der Waals surface area contributed by atoms with Crippen LogP contribution < -0.4 is 5.32 Å². The minimum absolute atomic E-state index is 0.0166. The summed E-state index contributed by atoms with van der Waals surface area (Å²) >= 11 is 0. The topological polar surface area (TPSA) is 86.7 Å². The molecule has 2 amide bonds. The normalized spacial score (nSPS) is 20.3. The van der Waals surface area contributed by atoms with Crippen molar-refractivity contribution in [2.45, 2.75) is 58.0 Å². The molecular weight excluding hydrogens is 356 g/mol. The van der Waals surface area contributed by atoms with E-state index in [9.17, 15) is 19.5 Å².